The minimum atomic E-state index is -2.97. The lowest BCUT2D eigenvalue weighted by Crippen LogP contribution is -2.24. The van der Waals surface area contributed by atoms with Gasteiger partial charge in [-0.1, -0.05) is 87.4 Å². The molecule has 4 aromatic rings. The molecule has 0 saturated heterocycles. The summed E-state index contributed by atoms with van der Waals surface area (Å²) in [5, 5.41) is 1.62. The van der Waals surface area contributed by atoms with Crippen LogP contribution in [0.2, 0.25) is 0 Å². The third kappa shape index (κ3) is 5.85. The van der Waals surface area contributed by atoms with Gasteiger partial charge in [-0.15, -0.1) is 0 Å². The number of nitrogens with zero attached hydrogens (tertiary/aromatic N) is 6. The zero-order valence-corrected chi connectivity index (χ0v) is 21.4. The lowest BCUT2D eigenvalue weighted by molar-refractivity contribution is 0.409. The van der Waals surface area contributed by atoms with Crippen LogP contribution in [-0.2, 0) is 10.9 Å². The zero-order chi connectivity index (χ0) is 24.5. The van der Waals surface area contributed by atoms with Crippen LogP contribution in [0.3, 0.4) is 0 Å². The maximum Gasteiger partial charge on any atom is 0.184 e. The van der Waals surface area contributed by atoms with Gasteiger partial charge in [0.2, 0.25) is 0 Å². The molecular weight excluding hydrogens is 455 g/mol. The number of aliphatic imine (C=N–C) groups is 1. The summed E-state index contributed by atoms with van der Waals surface area (Å²) in [5.41, 5.74) is 1.25. The maximum absolute atomic E-state index is 14.5. The van der Waals surface area contributed by atoms with Crippen molar-refractivity contribution in [2.45, 2.75) is 45.8 Å². The molecule has 0 fully saturated rings. The van der Waals surface area contributed by atoms with Gasteiger partial charge in [-0.3, -0.25) is 0 Å². The molecule has 35 heavy (non-hydrogen) atoms. The molecule has 182 valence electrons. The molecular formula is C27H33N6OP. The highest BCUT2D eigenvalue weighted by atomic mass is 31.2. The molecule has 0 radical (unpaired) electrons. The summed E-state index contributed by atoms with van der Waals surface area (Å²) < 4.78 is 16.4. The summed E-state index contributed by atoms with van der Waals surface area (Å²) in [5.74, 6) is 0.529. The topological polar surface area (TPSA) is 76.3 Å². The molecule has 7 nitrogen and oxygen atoms in total. The van der Waals surface area contributed by atoms with Crippen molar-refractivity contribution in [2.24, 2.45) is 4.99 Å². The Kier molecular flexibility index (Phi) is 8.43. The van der Waals surface area contributed by atoms with Crippen LogP contribution >= 0.6 is 7.14 Å². The van der Waals surface area contributed by atoms with Crippen LogP contribution in [0.25, 0.3) is 11.2 Å². The summed E-state index contributed by atoms with van der Waals surface area (Å²) in [4.78, 5) is 20.4. The van der Waals surface area contributed by atoms with Gasteiger partial charge in [-0.2, -0.15) is 0 Å². The first-order valence-electron chi connectivity index (χ1n) is 12.3. The molecule has 0 bridgehead atoms. The number of rotatable bonds is 12. The second-order valence-electron chi connectivity index (χ2n) is 8.62. The van der Waals surface area contributed by atoms with Crippen LogP contribution in [0.1, 0.15) is 39.5 Å². The average molecular weight is 489 g/mol. The van der Waals surface area contributed by atoms with Crippen molar-refractivity contribution < 1.29 is 4.57 Å². The summed E-state index contributed by atoms with van der Waals surface area (Å²) in [6.45, 7) is 6.33. The summed E-state index contributed by atoms with van der Waals surface area (Å²) in [7, 11) is -2.97. The molecule has 4 rings (SSSR count). The highest BCUT2D eigenvalue weighted by molar-refractivity contribution is 7.77. The Balaban J connectivity index is 1.67. The summed E-state index contributed by atoms with van der Waals surface area (Å²) >= 11 is 0. The SMILES string of the molecule is CCCCN(/C=N/c1ncnc2c1ncn2CP(=O)(c1ccccc1)c1ccccc1)CCCC. The number of unbranched alkanes of at least 4 members (excludes halogenated alkanes) is 2. The smallest absolute Gasteiger partial charge is 0.184 e. The van der Waals surface area contributed by atoms with Crippen molar-refractivity contribution in [3.05, 3.63) is 73.3 Å². The number of imidazole rings is 1. The fraction of sp³-hybridized carbons (Fsp3) is 0.333. The van der Waals surface area contributed by atoms with Crippen LogP contribution in [0.15, 0.2) is 78.3 Å². The van der Waals surface area contributed by atoms with Gasteiger partial charge in [0, 0.05) is 23.7 Å². The highest BCUT2D eigenvalue weighted by Crippen LogP contribution is 2.45. The van der Waals surface area contributed by atoms with Crippen molar-refractivity contribution in [3.8, 4) is 0 Å². The summed E-state index contributed by atoms with van der Waals surface area (Å²) in [6, 6.07) is 19.3. The first-order chi connectivity index (χ1) is 17.2. The van der Waals surface area contributed by atoms with Gasteiger partial charge in [-0.25, -0.2) is 19.9 Å². The number of benzene rings is 2. The van der Waals surface area contributed by atoms with E-state index < -0.39 is 7.14 Å². The molecule has 0 unspecified atom stereocenters. The lowest BCUT2D eigenvalue weighted by atomic mass is 10.3. The van der Waals surface area contributed by atoms with Crippen molar-refractivity contribution in [2.75, 3.05) is 13.1 Å². The van der Waals surface area contributed by atoms with Gasteiger partial charge in [0.25, 0.3) is 0 Å². The van der Waals surface area contributed by atoms with E-state index in [2.05, 4.69) is 38.7 Å². The van der Waals surface area contributed by atoms with Crippen LogP contribution in [-0.4, -0.2) is 43.8 Å². The van der Waals surface area contributed by atoms with Gasteiger partial charge < -0.3 is 14.0 Å². The minimum absolute atomic E-state index is 0.261. The molecule has 0 saturated carbocycles. The van der Waals surface area contributed by atoms with E-state index in [0.29, 0.717) is 17.0 Å². The molecule has 0 aliphatic carbocycles. The van der Waals surface area contributed by atoms with Gasteiger partial charge >= 0.3 is 0 Å². The van der Waals surface area contributed by atoms with Crippen molar-refractivity contribution >= 4 is 41.1 Å². The molecule has 2 aromatic heterocycles. The van der Waals surface area contributed by atoms with E-state index in [1.165, 1.54) is 6.33 Å². The van der Waals surface area contributed by atoms with Gasteiger partial charge in [0.05, 0.1) is 19.0 Å². The Morgan fingerprint density at radius 1 is 0.886 bits per heavy atom. The first kappa shape index (κ1) is 24.8. The van der Waals surface area contributed by atoms with Crippen LogP contribution in [0, 0.1) is 0 Å². The first-order valence-corrected chi connectivity index (χ1v) is 14.2. The largest absolute Gasteiger partial charge is 0.363 e. The molecule has 0 N–H and O–H groups in total. The fourth-order valence-corrected chi connectivity index (χ4v) is 6.59. The molecule has 2 aromatic carbocycles. The molecule has 8 heteroatoms. The lowest BCUT2D eigenvalue weighted by Gasteiger charge is -2.20. The van der Waals surface area contributed by atoms with Crippen molar-refractivity contribution in [3.63, 3.8) is 0 Å². The Morgan fingerprint density at radius 3 is 2.06 bits per heavy atom. The predicted octanol–water partition coefficient (Wildman–Crippen LogP) is 5.36. The second kappa shape index (κ2) is 11.9. The second-order valence-corrected chi connectivity index (χ2v) is 11.4. The minimum Gasteiger partial charge on any atom is -0.363 e. The third-order valence-corrected chi connectivity index (χ3v) is 8.99. The van der Waals surface area contributed by atoms with E-state index in [1.54, 1.807) is 6.33 Å². The normalized spacial score (nSPS) is 11.9. The molecule has 0 spiro atoms. The molecule has 2 heterocycles. The van der Waals surface area contributed by atoms with E-state index >= 15 is 0 Å². The molecule has 0 aliphatic heterocycles. The van der Waals surface area contributed by atoms with Crippen LogP contribution < -0.4 is 10.6 Å². The Bertz CT molecular complexity index is 1240. The Labute approximate surface area is 207 Å². The quantitative estimate of drug-likeness (QED) is 0.152. The number of fused-ring (bicyclic) bond motifs is 1. The van der Waals surface area contributed by atoms with E-state index in [-0.39, 0.29) is 6.29 Å². The van der Waals surface area contributed by atoms with Gasteiger partial charge in [0.1, 0.15) is 6.33 Å². The fourth-order valence-electron chi connectivity index (χ4n) is 4.02. The zero-order valence-electron chi connectivity index (χ0n) is 20.5. The standard InChI is InChI=1S/C27H33N6OP/c1-3-5-17-32(18-6-4-2)20-31-26-25-27(29-19-28-26)33(21-30-25)22-35(34,23-13-9-7-10-14-23)24-15-11-8-12-16-24/h7-16,19-21H,3-6,17-18,22H2,1-2H3/b31-20+. The average Bonchev–Trinajstić information content (AvgIpc) is 3.32. The van der Waals surface area contributed by atoms with Crippen LogP contribution in [0.5, 0.6) is 0 Å². The van der Waals surface area contributed by atoms with E-state index in [4.69, 9.17) is 0 Å². The van der Waals surface area contributed by atoms with E-state index in [9.17, 15) is 4.57 Å². The molecule has 0 aliphatic rings. The van der Waals surface area contributed by atoms with E-state index in [1.807, 2.05) is 71.6 Å². The van der Waals surface area contributed by atoms with Crippen molar-refractivity contribution in [1.82, 2.24) is 24.4 Å². The maximum atomic E-state index is 14.5. The molecule has 0 atom stereocenters. The van der Waals surface area contributed by atoms with Gasteiger partial charge in [0.15, 0.2) is 24.1 Å². The Hall–Kier alpha value is -3.31. The number of hydrogen-bond acceptors (Lipinski definition) is 5. The number of hydrogen-bond donors (Lipinski definition) is 0. The number of aromatic nitrogens is 4. The summed E-state index contributed by atoms with van der Waals surface area (Å²) in [6.07, 6.45) is 9.87. The Morgan fingerprint density at radius 2 is 1.49 bits per heavy atom. The highest BCUT2D eigenvalue weighted by Gasteiger charge is 2.28. The predicted molar refractivity (Wildman–Crippen MR) is 145 cm³/mol. The van der Waals surface area contributed by atoms with Crippen LogP contribution in [0.4, 0.5) is 5.82 Å². The van der Waals surface area contributed by atoms with Crippen molar-refractivity contribution in [1.29, 1.82) is 0 Å². The monoisotopic (exact) mass is 488 g/mol. The molecule has 0 amide bonds. The third-order valence-electron chi connectivity index (χ3n) is 6.02. The van der Waals surface area contributed by atoms with Gasteiger partial charge in [-0.05, 0) is 12.8 Å². The van der Waals surface area contributed by atoms with E-state index in [0.717, 1.165) is 49.4 Å².